The molecule has 0 spiro atoms. The van der Waals surface area contributed by atoms with Gasteiger partial charge in [-0.25, -0.2) is 17.5 Å². The quantitative estimate of drug-likeness (QED) is 0.864. The maximum atomic E-state index is 12.8. The van der Waals surface area contributed by atoms with Crippen LogP contribution in [0, 0.1) is 0 Å². The second-order valence-corrected chi connectivity index (χ2v) is 8.34. The molecule has 1 atom stereocenters. The Kier molecular flexibility index (Phi) is 5.52. The molecule has 0 unspecified atom stereocenters. The Morgan fingerprint density at radius 1 is 1.29 bits per heavy atom. The SMILES string of the molecule is CN(C)S(=O)(=O)c1ccc(Cl)c(C(=O)N2CCCC[C@@H]2C(=O)O)c1. The zero-order valence-electron chi connectivity index (χ0n) is 13.4. The molecular formula is C15H19ClN2O5S. The van der Waals surface area contributed by atoms with Gasteiger partial charge in [-0.2, -0.15) is 0 Å². The van der Waals surface area contributed by atoms with Gasteiger partial charge in [0.15, 0.2) is 0 Å². The van der Waals surface area contributed by atoms with Crippen LogP contribution in [0.2, 0.25) is 5.02 Å². The molecule has 2 rings (SSSR count). The van der Waals surface area contributed by atoms with Crippen molar-refractivity contribution in [3.63, 3.8) is 0 Å². The smallest absolute Gasteiger partial charge is 0.326 e. The van der Waals surface area contributed by atoms with E-state index >= 15 is 0 Å². The number of aliphatic carboxylic acids is 1. The Hall–Kier alpha value is -1.64. The number of likely N-dealkylation sites (tertiary alicyclic amines) is 1. The van der Waals surface area contributed by atoms with Gasteiger partial charge in [-0.05, 0) is 37.5 Å². The highest BCUT2D eigenvalue weighted by molar-refractivity contribution is 7.89. The van der Waals surface area contributed by atoms with Crippen LogP contribution in [-0.4, -0.2) is 61.3 Å². The van der Waals surface area contributed by atoms with Crippen LogP contribution in [-0.2, 0) is 14.8 Å². The number of carboxylic acid groups (broad SMARTS) is 1. The van der Waals surface area contributed by atoms with Crippen molar-refractivity contribution < 1.29 is 23.1 Å². The third-order valence-corrected chi connectivity index (χ3v) is 6.14. The van der Waals surface area contributed by atoms with Crippen molar-refractivity contribution in [2.45, 2.75) is 30.2 Å². The summed E-state index contributed by atoms with van der Waals surface area (Å²) < 4.78 is 25.5. The number of amides is 1. The number of carbonyl (C=O) groups excluding carboxylic acids is 1. The van der Waals surface area contributed by atoms with Crippen molar-refractivity contribution in [1.29, 1.82) is 0 Å². The minimum Gasteiger partial charge on any atom is -0.480 e. The van der Waals surface area contributed by atoms with E-state index < -0.39 is 27.9 Å². The molecule has 1 aromatic rings. The lowest BCUT2D eigenvalue weighted by atomic mass is 10.0. The summed E-state index contributed by atoms with van der Waals surface area (Å²) >= 11 is 6.06. The van der Waals surface area contributed by atoms with Crippen molar-refractivity contribution in [3.05, 3.63) is 28.8 Å². The van der Waals surface area contributed by atoms with Crippen LogP contribution in [0.5, 0.6) is 0 Å². The van der Waals surface area contributed by atoms with Crippen molar-refractivity contribution in [3.8, 4) is 0 Å². The van der Waals surface area contributed by atoms with Crippen LogP contribution in [0.15, 0.2) is 23.1 Å². The van der Waals surface area contributed by atoms with Crippen LogP contribution in [0.4, 0.5) is 0 Å². The third kappa shape index (κ3) is 3.55. The van der Waals surface area contributed by atoms with Crippen molar-refractivity contribution >= 4 is 33.5 Å². The number of sulfonamides is 1. The molecule has 0 radical (unpaired) electrons. The van der Waals surface area contributed by atoms with Gasteiger partial charge in [0.05, 0.1) is 15.5 Å². The van der Waals surface area contributed by atoms with E-state index in [1.807, 2.05) is 0 Å². The number of piperidine rings is 1. The molecule has 7 nitrogen and oxygen atoms in total. The lowest BCUT2D eigenvalue weighted by molar-refractivity contribution is -0.143. The number of hydrogen-bond acceptors (Lipinski definition) is 4. The molecule has 1 aromatic carbocycles. The topological polar surface area (TPSA) is 95.0 Å². The summed E-state index contributed by atoms with van der Waals surface area (Å²) in [5, 5.41) is 9.39. The molecule has 1 amide bonds. The Morgan fingerprint density at radius 2 is 1.96 bits per heavy atom. The van der Waals surface area contributed by atoms with Gasteiger partial charge in [0.2, 0.25) is 10.0 Å². The van der Waals surface area contributed by atoms with E-state index in [1.54, 1.807) is 0 Å². The molecule has 9 heteroatoms. The van der Waals surface area contributed by atoms with Crippen molar-refractivity contribution in [1.82, 2.24) is 9.21 Å². The zero-order valence-corrected chi connectivity index (χ0v) is 15.0. The van der Waals surface area contributed by atoms with Crippen LogP contribution in [0.1, 0.15) is 29.6 Å². The summed E-state index contributed by atoms with van der Waals surface area (Å²) in [7, 11) is -0.952. The van der Waals surface area contributed by atoms with E-state index in [4.69, 9.17) is 11.6 Å². The molecule has 1 saturated heterocycles. The second kappa shape index (κ2) is 7.08. The Balaban J connectivity index is 2.44. The van der Waals surface area contributed by atoms with Crippen molar-refractivity contribution in [2.75, 3.05) is 20.6 Å². The fourth-order valence-electron chi connectivity index (χ4n) is 2.63. The second-order valence-electron chi connectivity index (χ2n) is 5.78. The number of halogens is 1. The summed E-state index contributed by atoms with van der Waals surface area (Å²) in [6.45, 7) is 0.302. The first-order valence-electron chi connectivity index (χ1n) is 7.42. The van der Waals surface area contributed by atoms with E-state index in [9.17, 15) is 23.1 Å². The fourth-order valence-corrected chi connectivity index (χ4v) is 3.75. The maximum Gasteiger partial charge on any atom is 0.326 e. The molecule has 1 heterocycles. The van der Waals surface area contributed by atoms with Gasteiger partial charge in [-0.15, -0.1) is 0 Å². The molecular weight excluding hydrogens is 356 g/mol. The summed E-state index contributed by atoms with van der Waals surface area (Å²) in [6, 6.07) is 2.94. The summed E-state index contributed by atoms with van der Waals surface area (Å²) in [6.07, 6.45) is 1.79. The van der Waals surface area contributed by atoms with Crippen LogP contribution < -0.4 is 0 Å². The molecule has 1 N–H and O–H groups in total. The molecule has 0 saturated carbocycles. The number of rotatable bonds is 4. The molecule has 0 aliphatic carbocycles. The normalized spacial score (nSPS) is 18.7. The minimum absolute atomic E-state index is 0.00672. The van der Waals surface area contributed by atoms with E-state index in [0.29, 0.717) is 19.4 Å². The van der Waals surface area contributed by atoms with Crippen LogP contribution >= 0.6 is 11.6 Å². The number of nitrogens with zero attached hydrogens (tertiary/aromatic N) is 2. The number of carbonyl (C=O) groups is 2. The largest absolute Gasteiger partial charge is 0.480 e. The summed E-state index contributed by atoms with van der Waals surface area (Å²) in [5.74, 6) is -1.64. The predicted molar refractivity (Wildman–Crippen MR) is 88.6 cm³/mol. The average Bonchev–Trinajstić information content (AvgIpc) is 2.54. The lowest BCUT2D eigenvalue weighted by Crippen LogP contribution is -2.48. The van der Waals surface area contributed by atoms with Gasteiger partial charge < -0.3 is 10.0 Å². The van der Waals surface area contributed by atoms with Crippen LogP contribution in [0.25, 0.3) is 0 Å². The first-order valence-corrected chi connectivity index (χ1v) is 9.24. The van der Waals surface area contributed by atoms with Gasteiger partial charge in [-0.3, -0.25) is 4.79 Å². The number of benzene rings is 1. The summed E-state index contributed by atoms with van der Waals surface area (Å²) in [5.41, 5.74) is -0.00672. The van der Waals surface area contributed by atoms with E-state index in [2.05, 4.69) is 0 Å². The van der Waals surface area contributed by atoms with Crippen molar-refractivity contribution in [2.24, 2.45) is 0 Å². The van der Waals surface area contributed by atoms with Crippen LogP contribution in [0.3, 0.4) is 0 Å². The molecule has 24 heavy (non-hydrogen) atoms. The Labute approximate surface area is 145 Å². The lowest BCUT2D eigenvalue weighted by Gasteiger charge is -2.33. The van der Waals surface area contributed by atoms with Gasteiger partial charge in [-0.1, -0.05) is 11.6 Å². The molecule has 1 fully saturated rings. The first kappa shape index (κ1) is 18.7. The highest BCUT2D eigenvalue weighted by atomic mass is 35.5. The fraction of sp³-hybridized carbons (Fsp3) is 0.467. The summed E-state index contributed by atoms with van der Waals surface area (Å²) in [4.78, 5) is 25.3. The number of hydrogen-bond donors (Lipinski definition) is 1. The van der Waals surface area contributed by atoms with Gasteiger partial charge >= 0.3 is 5.97 Å². The molecule has 1 aliphatic rings. The van der Waals surface area contributed by atoms with E-state index in [1.165, 1.54) is 37.2 Å². The van der Waals surface area contributed by atoms with E-state index in [-0.39, 0.29) is 15.5 Å². The number of carboxylic acids is 1. The molecule has 132 valence electrons. The molecule has 1 aliphatic heterocycles. The van der Waals surface area contributed by atoms with Gasteiger partial charge in [0.25, 0.3) is 5.91 Å². The highest BCUT2D eigenvalue weighted by Crippen LogP contribution is 2.26. The molecule has 0 aromatic heterocycles. The third-order valence-electron chi connectivity index (χ3n) is 4.00. The first-order chi connectivity index (χ1) is 11.2. The Bertz CT molecular complexity index is 763. The van der Waals surface area contributed by atoms with E-state index in [0.717, 1.165) is 10.7 Å². The van der Waals surface area contributed by atoms with Gasteiger partial charge in [0, 0.05) is 20.6 Å². The standard InChI is InChI=1S/C15H19ClN2O5S/c1-17(2)24(22,23)10-6-7-12(16)11(9-10)14(19)18-8-4-3-5-13(18)15(20)21/h6-7,9,13H,3-5,8H2,1-2H3,(H,20,21)/t13-/m1/s1. The maximum absolute atomic E-state index is 12.8. The molecule has 0 bridgehead atoms. The monoisotopic (exact) mass is 374 g/mol. The Morgan fingerprint density at radius 3 is 2.54 bits per heavy atom. The predicted octanol–water partition coefficient (Wildman–Crippen LogP) is 1.67. The van der Waals surface area contributed by atoms with Gasteiger partial charge in [0.1, 0.15) is 6.04 Å². The average molecular weight is 375 g/mol. The highest BCUT2D eigenvalue weighted by Gasteiger charge is 2.33. The zero-order chi connectivity index (χ0) is 18.1. The minimum atomic E-state index is -3.72.